The van der Waals surface area contributed by atoms with Crippen molar-refractivity contribution in [1.82, 2.24) is 9.62 Å². The number of rotatable bonds is 6. The summed E-state index contributed by atoms with van der Waals surface area (Å²) in [5.74, 6) is -3.05. The fraction of sp³-hybridized carbons (Fsp3) is 0.500. The molecule has 0 saturated carbocycles. The number of hydrogen-bond donors (Lipinski definition) is 2. The van der Waals surface area contributed by atoms with E-state index >= 15 is 0 Å². The Balaban J connectivity index is 2.18. The molecular weight excluding hydrogens is 332 g/mol. The van der Waals surface area contributed by atoms with Crippen LogP contribution in [0.25, 0.3) is 0 Å². The molecule has 132 valence electrons. The summed E-state index contributed by atoms with van der Waals surface area (Å²) in [5, 5.41) is 11.3. The van der Waals surface area contributed by atoms with Gasteiger partial charge >= 0.3 is 5.97 Å². The Morgan fingerprint density at radius 1 is 1.21 bits per heavy atom. The van der Waals surface area contributed by atoms with E-state index < -0.39 is 27.8 Å². The number of sulfonamides is 1. The molecule has 2 rings (SSSR count). The molecule has 1 atom stereocenters. The van der Waals surface area contributed by atoms with E-state index in [9.17, 15) is 18.0 Å². The number of aliphatic carboxylic acids is 1. The summed E-state index contributed by atoms with van der Waals surface area (Å²) in [6.07, 6.45) is 2.71. The minimum Gasteiger partial charge on any atom is -0.481 e. The highest BCUT2D eigenvalue weighted by atomic mass is 32.2. The lowest BCUT2D eigenvalue weighted by molar-refractivity contribution is -0.146. The quantitative estimate of drug-likeness (QED) is 0.747. The highest BCUT2D eigenvalue weighted by Gasteiger charge is 2.28. The number of carbonyl (C=O) groups excluding carboxylic acids is 1. The molecule has 2 N–H and O–H groups in total. The summed E-state index contributed by atoms with van der Waals surface area (Å²) >= 11 is 0. The van der Waals surface area contributed by atoms with Crippen LogP contribution in [-0.4, -0.2) is 42.8 Å². The van der Waals surface area contributed by atoms with Gasteiger partial charge in [-0.2, -0.15) is 4.31 Å². The zero-order chi connectivity index (χ0) is 17.7. The van der Waals surface area contributed by atoms with E-state index in [4.69, 9.17) is 5.11 Å². The molecule has 24 heavy (non-hydrogen) atoms. The Bertz CT molecular complexity index is 711. The molecule has 1 amide bonds. The first-order valence-corrected chi connectivity index (χ1v) is 9.36. The fourth-order valence-corrected chi connectivity index (χ4v) is 4.33. The molecule has 1 heterocycles. The van der Waals surface area contributed by atoms with Crippen LogP contribution in [0.3, 0.4) is 0 Å². The highest BCUT2D eigenvalue weighted by molar-refractivity contribution is 7.89. The first kappa shape index (κ1) is 18.4. The predicted molar refractivity (Wildman–Crippen MR) is 87.7 cm³/mol. The molecule has 8 heteroatoms. The van der Waals surface area contributed by atoms with Crippen molar-refractivity contribution in [2.45, 2.75) is 37.6 Å². The predicted octanol–water partition coefficient (Wildman–Crippen LogP) is 1.20. The van der Waals surface area contributed by atoms with Gasteiger partial charge < -0.3 is 10.4 Å². The molecule has 0 aliphatic carbocycles. The average Bonchev–Trinajstić information content (AvgIpc) is 2.59. The monoisotopic (exact) mass is 354 g/mol. The number of carbonyl (C=O) groups is 2. The number of amides is 1. The molecule has 1 saturated heterocycles. The minimum atomic E-state index is -3.61. The second-order valence-corrected chi connectivity index (χ2v) is 7.76. The highest BCUT2D eigenvalue weighted by Crippen LogP contribution is 2.23. The van der Waals surface area contributed by atoms with Gasteiger partial charge in [-0.05, 0) is 31.4 Å². The molecule has 1 aliphatic rings. The van der Waals surface area contributed by atoms with Crippen LogP contribution in [0.5, 0.6) is 0 Å². The lowest BCUT2D eigenvalue weighted by Crippen LogP contribution is -2.37. The van der Waals surface area contributed by atoms with Crippen molar-refractivity contribution in [3.63, 3.8) is 0 Å². The standard InChI is InChI=1S/C16H22N2O5S/c1-12(16(20)21)15(19)17-11-13-7-3-4-8-14(13)24(22,23)18-9-5-2-6-10-18/h3-4,7-8,12H,2,5-6,9-11H2,1H3,(H,17,19)(H,20,21). The van der Waals surface area contributed by atoms with Crippen LogP contribution < -0.4 is 5.32 Å². The third-order valence-corrected chi connectivity index (χ3v) is 6.12. The van der Waals surface area contributed by atoms with Crippen molar-refractivity contribution in [1.29, 1.82) is 0 Å². The van der Waals surface area contributed by atoms with Crippen LogP contribution in [0.2, 0.25) is 0 Å². The first-order chi connectivity index (χ1) is 11.3. The Hall–Kier alpha value is -1.93. The lowest BCUT2D eigenvalue weighted by Gasteiger charge is -2.26. The van der Waals surface area contributed by atoms with Gasteiger partial charge in [-0.3, -0.25) is 9.59 Å². The summed E-state index contributed by atoms with van der Waals surface area (Å²) in [4.78, 5) is 22.8. The van der Waals surface area contributed by atoms with Crippen molar-refractivity contribution < 1.29 is 23.1 Å². The van der Waals surface area contributed by atoms with Crippen LogP contribution in [-0.2, 0) is 26.2 Å². The molecule has 1 aromatic rings. The van der Waals surface area contributed by atoms with E-state index in [1.165, 1.54) is 17.3 Å². The molecule has 0 spiro atoms. The van der Waals surface area contributed by atoms with Gasteiger partial charge in [0.1, 0.15) is 5.92 Å². The average molecular weight is 354 g/mol. The van der Waals surface area contributed by atoms with Gasteiger partial charge in [-0.25, -0.2) is 8.42 Å². The number of hydrogen-bond acceptors (Lipinski definition) is 4. The second-order valence-electron chi connectivity index (χ2n) is 5.85. The third kappa shape index (κ3) is 4.12. The largest absolute Gasteiger partial charge is 0.481 e. The molecule has 7 nitrogen and oxygen atoms in total. The zero-order valence-corrected chi connectivity index (χ0v) is 14.4. The molecule has 1 aromatic carbocycles. The van der Waals surface area contributed by atoms with E-state index in [2.05, 4.69) is 5.32 Å². The number of carboxylic acid groups (broad SMARTS) is 1. The molecule has 1 aliphatic heterocycles. The Morgan fingerprint density at radius 2 is 1.83 bits per heavy atom. The second kappa shape index (κ2) is 7.76. The molecule has 0 radical (unpaired) electrons. The van der Waals surface area contributed by atoms with Crippen LogP contribution in [0.4, 0.5) is 0 Å². The fourth-order valence-electron chi connectivity index (χ4n) is 2.59. The van der Waals surface area contributed by atoms with E-state index in [-0.39, 0.29) is 11.4 Å². The molecule has 1 unspecified atom stereocenters. The molecule has 0 aromatic heterocycles. The lowest BCUT2D eigenvalue weighted by atomic mass is 10.1. The van der Waals surface area contributed by atoms with Crippen LogP contribution in [0.1, 0.15) is 31.7 Å². The summed E-state index contributed by atoms with van der Waals surface area (Å²) in [6.45, 7) is 2.26. The summed E-state index contributed by atoms with van der Waals surface area (Å²) in [7, 11) is -3.61. The van der Waals surface area contributed by atoms with Crippen molar-refractivity contribution in [2.24, 2.45) is 5.92 Å². The van der Waals surface area contributed by atoms with Crippen molar-refractivity contribution in [3.8, 4) is 0 Å². The Morgan fingerprint density at radius 3 is 2.46 bits per heavy atom. The SMILES string of the molecule is CC(C(=O)O)C(=O)NCc1ccccc1S(=O)(=O)N1CCCCC1. The van der Waals surface area contributed by atoms with Gasteiger partial charge in [0.15, 0.2) is 0 Å². The van der Waals surface area contributed by atoms with E-state index in [0.29, 0.717) is 18.7 Å². The smallest absolute Gasteiger partial charge is 0.315 e. The van der Waals surface area contributed by atoms with Gasteiger partial charge in [0.25, 0.3) is 0 Å². The van der Waals surface area contributed by atoms with Gasteiger partial charge in [-0.15, -0.1) is 0 Å². The normalized spacial score (nSPS) is 17.2. The van der Waals surface area contributed by atoms with Crippen molar-refractivity contribution >= 4 is 21.9 Å². The Kier molecular flexibility index (Phi) is 5.95. The van der Waals surface area contributed by atoms with Crippen molar-refractivity contribution in [3.05, 3.63) is 29.8 Å². The van der Waals surface area contributed by atoms with Gasteiger partial charge in [-0.1, -0.05) is 24.6 Å². The number of carboxylic acids is 1. The topological polar surface area (TPSA) is 104 Å². The molecule has 1 fully saturated rings. The number of nitrogens with one attached hydrogen (secondary N) is 1. The van der Waals surface area contributed by atoms with Crippen LogP contribution in [0.15, 0.2) is 29.2 Å². The van der Waals surface area contributed by atoms with E-state index in [1.807, 2.05) is 0 Å². The third-order valence-electron chi connectivity index (χ3n) is 4.12. The van der Waals surface area contributed by atoms with Crippen molar-refractivity contribution in [2.75, 3.05) is 13.1 Å². The number of benzene rings is 1. The molecule has 0 bridgehead atoms. The van der Waals surface area contributed by atoms with Crippen LogP contribution >= 0.6 is 0 Å². The number of piperidine rings is 1. The maximum absolute atomic E-state index is 12.8. The minimum absolute atomic E-state index is 0.0281. The number of nitrogens with zero attached hydrogens (tertiary/aromatic N) is 1. The van der Waals surface area contributed by atoms with Gasteiger partial charge in [0.05, 0.1) is 4.90 Å². The van der Waals surface area contributed by atoms with E-state index in [1.54, 1.807) is 18.2 Å². The van der Waals surface area contributed by atoms with Gasteiger partial charge in [0, 0.05) is 19.6 Å². The zero-order valence-electron chi connectivity index (χ0n) is 13.6. The first-order valence-electron chi connectivity index (χ1n) is 7.92. The van der Waals surface area contributed by atoms with Crippen LogP contribution in [0, 0.1) is 5.92 Å². The van der Waals surface area contributed by atoms with Gasteiger partial charge in [0.2, 0.25) is 15.9 Å². The summed E-state index contributed by atoms with van der Waals surface area (Å²) < 4.78 is 27.1. The summed E-state index contributed by atoms with van der Waals surface area (Å²) in [5.41, 5.74) is 0.453. The summed E-state index contributed by atoms with van der Waals surface area (Å²) in [6, 6.07) is 6.48. The molecular formula is C16H22N2O5S. The maximum Gasteiger partial charge on any atom is 0.315 e. The maximum atomic E-state index is 12.8. The Labute approximate surface area is 141 Å². The van der Waals surface area contributed by atoms with E-state index in [0.717, 1.165) is 19.3 Å².